The standard InChI is InChI=1S/C21H22N2O4/c1-13(2)27-21(26)14-6-9-17(10-7-14)22-20(25)16-8-11-18-15(12-16)4-3-5-19(24)23-18/h6-13H,3-5H2,1-2H3,(H,22,25)(H,23,24). The van der Waals surface area contributed by atoms with E-state index in [9.17, 15) is 14.4 Å². The highest BCUT2D eigenvalue weighted by atomic mass is 16.5. The van der Waals surface area contributed by atoms with Gasteiger partial charge >= 0.3 is 5.97 Å². The van der Waals surface area contributed by atoms with E-state index in [1.54, 1.807) is 50.2 Å². The van der Waals surface area contributed by atoms with Gasteiger partial charge in [0.1, 0.15) is 0 Å². The summed E-state index contributed by atoms with van der Waals surface area (Å²) in [6.07, 6.45) is 1.82. The number of benzene rings is 2. The molecular formula is C21H22N2O4. The Balaban J connectivity index is 1.69. The van der Waals surface area contributed by atoms with Gasteiger partial charge in [0.2, 0.25) is 5.91 Å². The normalized spacial score (nSPS) is 13.4. The van der Waals surface area contributed by atoms with Gasteiger partial charge in [0.05, 0.1) is 11.7 Å². The second-order valence-electron chi connectivity index (χ2n) is 6.76. The number of aryl methyl sites for hydroxylation is 1. The molecular weight excluding hydrogens is 344 g/mol. The van der Waals surface area contributed by atoms with Gasteiger partial charge in [0.25, 0.3) is 5.91 Å². The van der Waals surface area contributed by atoms with Crippen LogP contribution in [0.1, 0.15) is 53.0 Å². The number of fused-ring (bicyclic) bond motifs is 1. The number of ether oxygens (including phenoxy) is 1. The van der Waals surface area contributed by atoms with Gasteiger partial charge in [0.15, 0.2) is 0 Å². The van der Waals surface area contributed by atoms with E-state index in [-0.39, 0.29) is 17.9 Å². The molecule has 1 heterocycles. The fourth-order valence-electron chi connectivity index (χ4n) is 2.89. The van der Waals surface area contributed by atoms with Crippen molar-refractivity contribution in [1.82, 2.24) is 0 Å². The van der Waals surface area contributed by atoms with Gasteiger partial charge in [-0.2, -0.15) is 0 Å². The van der Waals surface area contributed by atoms with Crippen molar-refractivity contribution in [3.05, 3.63) is 59.2 Å². The highest BCUT2D eigenvalue weighted by molar-refractivity contribution is 6.05. The number of rotatable bonds is 4. The third-order valence-electron chi connectivity index (χ3n) is 4.21. The van der Waals surface area contributed by atoms with Crippen LogP contribution in [0.25, 0.3) is 0 Å². The first-order valence-corrected chi connectivity index (χ1v) is 8.97. The van der Waals surface area contributed by atoms with Crippen LogP contribution in [-0.2, 0) is 16.0 Å². The number of esters is 1. The molecule has 27 heavy (non-hydrogen) atoms. The van der Waals surface area contributed by atoms with Crippen LogP contribution in [0.4, 0.5) is 11.4 Å². The Morgan fingerprint density at radius 1 is 1.04 bits per heavy atom. The van der Waals surface area contributed by atoms with Crippen molar-refractivity contribution in [1.29, 1.82) is 0 Å². The minimum atomic E-state index is -0.393. The predicted octanol–water partition coefficient (Wildman–Crippen LogP) is 3.78. The average molecular weight is 366 g/mol. The summed E-state index contributed by atoms with van der Waals surface area (Å²) in [5.74, 6) is -0.636. The fraction of sp³-hybridized carbons (Fsp3) is 0.286. The SMILES string of the molecule is CC(C)OC(=O)c1ccc(NC(=O)c2ccc3c(c2)CCCC(=O)N3)cc1. The van der Waals surface area contributed by atoms with E-state index >= 15 is 0 Å². The molecule has 3 rings (SSSR count). The van der Waals surface area contributed by atoms with E-state index in [1.165, 1.54) is 0 Å². The topological polar surface area (TPSA) is 84.5 Å². The Hall–Kier alpha value is -3.15. The molecule has 2 amide bonds. The highest BCUT2D eigenvalue weighted by Crippen LogP contribution is 2.24. The number of anilines is 2. The van der Waals surface area contributed by atoms with Crippen molar-refractivity contribution in [2.75, 3.05) is 10.6 Å². The van der Waals surface area contributed by atoms with Gasteiger partial charge in [-0.05, 0) is 74.7 Å². The number of amides is 2. The number of hydrogen-bond acceptors (Lipinski definition) is 4. The zero-order valence-electron chi connectivity index (χ0n) is 15.4. The largest absolute Gasteiger partial charge is 0.459 e. The number of hydrogen-bond donors (Lipinski definition) is 2. The molecule has 0 radical (unpaired) electrons. The molecule has 0 saturated carbocycles. The average Bonchev–Trinajstić information content (AvgIpc) is 2.81. The number of carbonyl (C=O) groups is 3. The van der Waals surface area contributed by atoms with E-state index in [0.29, 0.717) is 23.2 Å². The first-order chi connectivity index (χ1) is 12.9. The van der Waals surface area contributed by atoms with Gasteiger partial charge in [-0.1, -0.05) is 0 Å². The van der Waals surface area contributed by atoms with E-state index < -0.39 is 5.97 Å². The van der Waals surface area contributed by atoms with Crippen LogP contribution in [0.2, 0.25) is 0 Å². The maximum absolute atomic E-state index is 12.5. The Labute approximate surface area is 157 Å². The second-order valence-corrected chi connectivity index (χ2v) is 6.76. The summed E-state index contributed by atoms with van der Waals surface area (Å²) >= 11 is 0. The summed E-state index contributed by atoms with van der Waals surface area (Å²) in [4.78, 5) is 36.0. The number of nitrogens with one attached hydrogen (secondary N) is 2. The van der Waals surface area contributed by atoms with E-state index in [0.717, 1.165) is 24.1 Å². The van der Waals surface area contributed by atoms with E-state index in [1.807, 2.05) is 6.07 Å². The van der Waals surface area contributed by atoms with Gasteiger partial charge in [-0.25, -0.2) is 4.79 Å². The summed E-state index contributed by atoms with van der Waals surface area (Å²) in [7, 11) is 0. The maximum atomic E-state index is 12.5. The van der Waals surface area contributed by atoms with Crippen molar-refractivity contribution >= 4 is 29.2 Å². The Bertz CT molecular complexity index is 872. The molecule has 0 unspecified atom stereocenters. The van der Waals surface area contributed by atoms with E-state index in [2.05, 4.69) is 10.6 Å². The predicted molar refractivity (Wildman–Crippen MR) is 103 cm³/mol. The van der Waals surface area contributed by atoms with Gasteiger partial charge in [-0.3, -0.25) is 9.59 Å². The first kappa shape index (κ1) is 18.6. The molecule has 0 atom stereocenters. The van der Waals surface area contributed by atoms with Crippen molar-refractivity contribution in [3.63, 3.8) is 0 Å². The molecule has 1 aliphatic rings. The van der Waals surface area contributed by atoms with Gasteiger partial charge < -0.3 is 15.4 Å². The first-order valence-electron chi connectivity index (χ1n) is 8.97. The molecule has 0 spiro atoms. The van der Waals surface area contributed by atoms with Crippen LogP contribution in [0.5, 0.6) is 0 Å². The second kappa shape index (κ2) is 8.03. The van der Waals surface area contributed by atoms with Crippen LogP contribution in [0.3, 0.4) is 0 Å². The molecule has 140 valence electrons. The monoisotopic (exact) mass is 366 g/mol. The van der Waals surface area contributed by atoms with Crippen LogP contribution < -0.4 is 10.6 Å². The highest BCUT2D eigenvalue weighted by Gasteiger charge is 2.15. The lowest BCUT2D eigenvalue weighted by Gasteiger charge is -2.11. The molecule has 2 aromatic rings. The van der Waals surface area contributed by atoms with Crippen LogP contribution in [0.15, 0.2) is 42.5 Å². The van der Waals surface area contributed by atoms with Crippen LogP contribution in [0, 0.1) is 0 Å². The molecule has 2 N–H and O–H groups in total. The minimum absolute atomic E-state index is 0.00188. The quantitative estimate of drug-likeness (QED) is 0.807. The fourth-order valence-corrected chi connectivity index (χ4v) is 2.89. The minimum Gasteiger partial charge on any atom is -0.459 e. The van der Waals surface area contributed by atoms with Crippen LogP contribution in [-0.4, -0.2) is 23.9 Å². The molecule has 0 bridgehead atoms. The molecule has 0 saturated heterocycles. The molecule has 6 heteroatoms. The Morgan fingerprint density at radius 2 is 1.74 bits per heavy atom. The van der Waals surface area contributed by atoms with Crippen LogP contribution >= 0.6 is 0 Å². The third kappa shape index (κ3) is 4.73. The lowest BCUT2D eigenvalue weighted by atomic mass is 10.0. The van der Waals surface area contributed by atoms with Gasteiger partial charge in [0, 0.05) is 23.4 Å². The maximum Gasteiger partial charge on any atom is 0.338 e. The third-order valence-corrected chi connectivity index (χ3v) is 4.21. The lowest BCUT2D eigenvalue weighted by Crippen LogP contribution is -2.14. The molecule has 0 aromatic heterocycles. The lowest BCUT2D eigenvalue weighted by molar-refractivity contribution is -0.116. The molecule has 0 aliphatic carbocycles. The van der Waals surface area contributed by atoms with Crippen molar-refractivity contribution in [3.8, 4) is 0 Å². The summed E-state index contributed by atoms with van der Waals surface area (Å²) < 4.78 is 5.14. The zero-order chi connectivity index (χ0) is 19.4. The summed E-state index contributed by atoms with van der Waals surface area (Å²) in [5, 5.41) is 5.67. The van der Waals surface area contributed by atoms with Gasteiger partial charge in [-0.15, -0.1) is 0 Å². The summed E-state index contributed by atoms with van der Waals surface area (Å²) in [5.41, 5.74) is 3.27. The Morgan fingerprint density at radius 3 is 2.44 bits per heavy atom. The molecule has 6 nitrogen and oxygen atoms in total. The molecule has 2 aromatic carbocycles. The van der Waals surface area contributed by atoms with Crippen molar-refractivity contribution < 1.29 is 19.1 Å². The molecule has 1 aliphatic heterocycles. The summed E-state index contributed by atoms with van der Waals surface area (Å²) in [6, 6.07) is 11.8. The Kier molecular flexibility index (Phi) is 5.54. The van der Waals surface area contributed by atoms with Crippen molar-refractivity contribution in [2.24, 2.45) is 0 Å². The number of carbonyl (C=O) groups excluding carboxylic acids is 3. The zero-order valence-corrected chi connectivity index (χ0v) is 15.4. The smallest absolute Gasteiger partial charge is 0.338 e. The van der Waals surface area contributed by atoms with E-state index in [4.69, 9.17) is 4.74 Å². The van der Waals surface area contributed by atoms with Crippen molar-refractivity contribution in [2.45, 2.75) is 39.2 Å². The molecule has 0 fully saturated rings. The summed E-state index contributed by atoms with van der Waals surface area (Å²) in [6.45, 7) is 3.58.